The number of rotatable bonds is 5. The number of methoxy groups -OCH3 is 1. The maximum absolute atomic E-state index is 11.8. The molecule has 0 bridgehead atoms. The van der Waals surface area contributed by atoms with Gasteiger partial charge in [0.2, 0.25) is 5.91 Å². The fourth-order valence-corrected chi connectivity index (χ4v) is 1.37. The summed E-state index contributed by atoms with van der Waals surface area (Å²) in [6.07, 6.45) is 1.37. The van der Waals surface area contributed by atoms with Crippen LogP contribution < -0.4 is 11.1 Å². The van der Waals surface area contributed by atoms with Gasteiger partial charge in [0.25, 0.3) is 0 Å². The number of nitrogens with two attached hydrogens (primary N) is 1. The van der Waals surface area contributed by atoms with E-state index < -0.39 is 17.0 Å². The highest BCUT2D eigenvalue weighted by molar-refractivity contribution is 5.91. The van der Waals surface area contributed by atoms with E-state index in [9.17, 15) is 9.59 Å². The molecule has 0 radical (unpaired) electrons. The van der Waals surface area contributed by atoms with E-state index in [2.05, 4.69) is 10.1 Å². The molecular weight excluding hydrogens is 208 g/mol. The van der Waals surface area contributed by atoms with Crippen LogP contribution in [0.25, 0.3) is 0 Å². The minimum Gasteiger partial charge on any atom is -0.467 e. The first-order valence-electron chi connectivity index (χ1n) is 5.37. The van der Waals surface area contributed by atoms with Crippen molar-refractivity contribution < 1.29 is 14.3 Å². The van der Waals surface area contributed by atoms with Crippen LogP contribution in [0.15, 0.2) is 0 Å². The van der Waals surface area contributed by atoms with Gasteiger partial charge in [0.15, 0.2) is 0 Å². The second-order valence-electron chi connectivity index (χ2n) is 4.74. The Bertz CT molecular complexity index is 272. The normalized spacial score (nSPS) is 15.1. The third-order valence-corrected chi connectivity index (χ3v) is 2.41. The third kappa shape index (κ3) is 3.81. The molecule has 0 saturated heterocycles. The lowest BCUT2D eigenvalue weighted by Gasteiger charge is -2.29. The monoisotopic (exact) mass is 230 g/mol. The van der Waals surface area contributed by atoms with Crippen LogP contribution in [0.3, 0.4) is 0 Å². The van der Waals surface area contributed by atoms with E-state index in [-0.39, 0.29) is 5.91 Å². The maximum atomic E-state index is 11.8. The fourth-order valence-electron chi connectivity index (χ4n) is 1.37. The van der Waals surface area contributed by atoms with Crippen molar-refractivity contribution in [1.82, 2.24) is 5.32 Å². The predicted octanol–water partition coefficient (Wildman–Crippen LogP) is 0.572. The van der Waals surface area contributed by atoms with Gasteiger partial charge in [-0.05, 0) is 27.2 Å². The van der Waals surface area contributed by atoms with Gasteiger partial charge in [-0.3, -0.25) is 4.79 Å². The summed E-state index contributed by atoms with van der Waals surface area (Å²) in [5, 5.41) is 2.59. The number of hydrogen-bond donors (Lipinski definition) is 2. The lowest BCUT2D eigenvalue weighted by Crippen LogP contribution is -2.59. The number of carbonyl (C=O) groups is 2. The van der Waals surface area contributed by atoms with Crippen LogP contribution in [0.4, 0.5) is 0 Å². The van der Waals surface area contributed by atoms with Gasteiger partial charge in [-0.2, -0.15) is 0 Å². The van der Waals surface area contributed by atoms with Crippen LogP contribution in [0.1, 0.15) is 40.5 Å². The number of esters is 1. The molecule has 0 heterocycles. The summed E-state index contributed by atoms with van der Waals surface area (Å²) in [6.45, 7) is 6.76. The Labute approximate surface area is 96.7 Å². The van der Waals surface area contributed by atoms with Crippen molar-refractivity contribution in [3.05, 3.63) is 0 Å². The van der Waals surface area contributed by atoms with Gasteiger partial charge < -0.3 is 15.8 Å². The van der Waals surface area contributed by atoms with Crippen LogP contribution in [-0.2, 0) is 14.3 Å². The van der Waals surface area contributed by atoms with Crippen molar-refractivity contribution in [2.24, 2.45) is 5.73 Å². The largest absolute Gasteiger partial charge is 0.467 e. The van der Waals surface area contributed by atoms with Crippen molar-refractivity contribution in [1.29, 1.82) is 0 Å². The van der Waals surface area contributed by atoms with Gasteiger partial charge in [0, 0.05) is 0 Å². The van der Waals surface area contributed by atoms with Crippen molar-refractivity contribution in [2.45, 2.75) is 51.6 Å². The minimum atomic E-state index is -1.06. The quantitative estimate of drug-likeness (QED) is 0.677. The van der Waals surface area contributed by atoms with E-state index in [0.717, 1.165) is 6.42 Å². The predicted molar refractivity (Wildman–Crippen MR) is 61.7 cm³/mol. The molecule has 0 spiro atoms. The number of nitrogens with one attached hydrogen (secondary N) is 1. The zero-order chi connectivity index (χ0) is 13.0. The molecule has 0 aromatic rings. The number of carbonyl (C=O) groups excluding carboxylic acids is 2. The molecule has 1 atom stereocenters. The molecular formula is C11H22N2O3. The van der Waals surface area contributed by atoms with Crippen LogP contribution in [0.2, 0.25) is 0 Å². The summed E-state index contributed by atoms with van der Waals surface area (Å²) in [6, 6.07) is 0. The molecule has 0 aliphatic rings. The van der Waals surface area contributed by atoms with E-state index in [1.807, 2.05) is 6.92 Å². The Morgan fingerprint density at radius 2 is 1.81 bits per heavy atom. The van der Waals surface area contributed by atoms with E-state index in [0.29, 0.717) is 6.42 Å². The molecule has 0 aromatic heterocycles. The summed E-state index contributed by atoms with van der Waals surface area (Å²) in [4.78, 5) is 23.2. The summed E-state index contributed by atoms with van der Waals surface area (Å²) < 4.78 is 4.59. The SMILES string of the molecule is CCCC(C)(N)C(=O)NC(C)(C)C(=O)OC. The smallest absolute Gasteiger partial charge is 0.330 e. The Morgan fingerprint density at radius 1 is 1.31 bits per heavy atom. The average molecular weight is 230 g/mol. The second-order valence-corrected chi connectivity index (χ2v) is 4.74. The molecule has 0 saturated carbocycles. The molecule has 0 aromatic carbocycles. The Kier molecular flexibility index (Phi) is 4.93. The van der Waals surface area contributed by atoms with Gasteiger partial charge in [-0.1, -0.05) is 13.3 Å². The lowest BCUT2D eigenvalue weighted by atomic mass is 9.94. The molecule has 3 N–H and O–H groups in total. The molecule has 5 nitrogen and oxygen atoms in total. The van der Waals surface area contributed by atoms with Crippen LogP contribution in [-0.4, -0.2) is 30.1 Å². The topological polar surface area (TPSA) is 81.4 Å². The summed E-state index contributed by atoms with van der Waals surface area (Å²) in [5.41, 5.74) is 3.84. The highest BCUT2D eigenvalue weighted by Crippen LogP contribution is 2.12. The van der Waals surface area contributed by atoms with E-state index in [1.165, 1.54) is 7.11 Å². The molecule has 0 fully saturated rings. The first-order valence-corrected chi connectivity index (χ1v) is 5.37. The minimum absolute atomic E-state index is 0.343. The van der Waals surface area contributed by atoms with E-state index in [4.69, 9.17) is 5.73 Å². The lowest BCUT2D eigenvalue weighted by molar-refractivity contribution is -0.150. The van der Waals surface area contributed by atoms with E-state index >= 15 is 0 Å². The van der Waals surface area contributed by atoms with E-state index in [1.54, 1.807) is 20.8 Å². The van der Waals surface area contributed by atoms with Crippen LogP contribution in [0, 0.1) is 0 Å². The second kappa shape index (κ2) is 5.30. The highest BCUT2D eigenvalue weighted by atomic mass is 16.5. The van der Waals surface area contributed by atoms with Gasteiger partial charge >= 0.3 is 5.97 Å². The average Bonchev–Trinajstić information content (AvgIpc) is 2.15. The Morgan fingerprint density at radius 3 is 2.19 bits per heavy atom. The Balaban J connectivity index is 4.61. The van der Waals surface area contributed by atoms with Crippen molar-refractivity contribution in [3.63, 3.8) is 0 Å². The van der Waals surface area contributed by atoms with Gasteiger partial charge in [0.1, 0.15) is 5.54 Å². The van der Waals surface area contributed by atoms with Gasteiger partial charge in [-0.25, -0.2) is 4.79 Å². The standard InChI is InChI=1S/C11H22N2O3/c1-6-7-11(4,12)8(14)13-10(2,3)9(15)16-5/h6-7,12H2,1-5H3,(H,13,14). The third-order valence-electron chi connectivity index (χ3n) is 2.41. The molecule has 0 rings (SSSR count). The molecule has 16 heavy (non-hydrogen) atoms. The maximum Gasteiger partial charge on any atom is 0.330 e. The van der Waals surface area contributed by atoms with Gasteiger partial charge in [-0.15, -0.1) is 0 Å². The molecule has 0 aliphatic heterocycles. The van der Waals surface area contributed by atoms with Crippen molar-refractivity contribution in [3.8, 4) is 0 Å². The summed E-state index contributed by atoms with van der Waals surface area (Å²) >= 11 is 0. The fraction of sp³-hybridized carbons (Fsp3) is 0.818. The molecule has 0 aliphatic carbocycles. The van der Waals surface area contributed by atoms with Crippen LogP contribution >= 0.6 is 0 Å². The molecule has 1 amide bonds. The first kappa shape index (κ1) is 14.9. The zero-order valence-electron chi connectivity index (χ0n) is 10.7. The summed E-state index contributed by atoms with van der Waals surface area (Å²) in [7, 11) is 1.28. The van der Waals surface area contributed by atoms with Crippen molar-refractivity contribution in [2.75, 3.05) is 7.11 Å². The van der Waals surface area contributed by atoms with Gasteiger partial charge in [0.05, 0.1) is 12.6 Å². The molecule has 1 unspecified atom stereocenters. The summed E-state index contributed by atoms with van der Waals surface area (Å²) in [5.74, 6) is -0.835. The Hall–Kier alpha value is -1.10. The number of ether oxygens (including phenoxy) is 1. The first-order chi connectivity index (χ1) is 7.17. The van der Waals surface area contributed by atoms with Crippen molar-refractivity contribution >= 4 is 11.9 Å². The zero-order valence-corrected chi connectivity index (χ0v) is 10.7. The molecule has 94 valence electrons. The number of hydrogen-bond acceptors (Lipinski definition) is 4. The molecule has 5 heteroatoms. The highest BCUT2D eigenvalue weighted by Gasteiger charge is 2.36. The number of amides is 1. The van der Waals surface area contributed by atoms with Crippen LogP contribution in [0.5, 0.6) is 0 Å².